The zero-order valence-electron chi connectivity index (χ0n) is 9.93. The van der Waals surface area contributed by atoms with Crippen LogP contribution < -0.4 is 15.4 Å². The topological polar surface area (TPSA) is 76.7 Å². The number of anilines is 1. The van der Waals surface area contributed by atoms with E-state index in [4.69, 9.17) is 4.74 Å². The first-order valence-electron chi connectivity index (χ1n) is 5.66. The zero-order valence-corrected chi connectivity index (χ0v) is 9.93. The minimum Gasteiger partial charge on any atom is -0.494 e. The molecule has 1 heterocycles. The Bertz CT molecular complexity index is 444. The quantitative estimate of drug-likeness (QED) is 0.839. The van der Waals surface area contributed by atoms with Crippen molar-refractivity contribution < 1.29 is 19.1 Å². The van der Waals surface area contributed by atoms with Gasteiger partial charge >= 0.3 is 6.09 Å². The maximum atomic E-state index is 11.7. The Morgan fingerprint density at radius 1 is 1.50 bits per heavy atom. The van der Waals surface area contributed by atoms with Crippen LogP contribution >= 0.6 is 0 Å². The third kappa shape index (κ3) is 2.91. The molecule has 1 fully saturated rings. The monoisotopic (exact) mass is 250 g/mol. The molecule has 1 unspecified atom stereocenters. The van der Waals surface area contributed by atoms with E-state index in [-0.39, 0.29) is 12.5 Å². The second-order valence-corrected chi connectivity index (χ2v) is 3.74. The smallest absolute Gasteiger partial charge is 0.407 e. The molecule has 0 bridgehead atoms. The molecule has 6 nitrogen and oxygen atoms in total. The second kappa shape index (κ2) is 5.39. The number of alkyl carbamates (subject to hydrolysis) is 1. The molecule has 1 aromatic carbocycles. The van der Waals surface area contributed by atoms with E-state index in [1.165, 1.54) is 0 Å². The van der Waals surface area contributed by atoms with E-state index in [2.05, 4.69) is 15.4 Å². The summed E-state index contributed by atoms with van der Waals surface area (Å²) in [5, 5.41) is 5.09. The van der Waals surface area contributed by atoms with Crippen LogP contribution in [0.4, 0.5) is 10.5 Å². The van der Waals surface area contributed by atoms with Crippen LogP contribution in [0.15, 0.2) is 24.3 Å². The maximum Gasteiger partial charge on any atom is 0.407 e. The van der Waals surface area contributed by atoms with Crippen molar-refractivity contribution in [1.29, 1.82) is 0 Å². The van der Waals surface area contributed by atoms with Crippen molar-refractivity contribution in [2.24, 2.45) is 0 Å². The van der Waals surface area contributed by atoms with E-state index in [9.17, 15) is 9.59 Å². The standard InChI is InChI=1S/C12H14N2O4/c1-2-17-9-5-3-8(4-6-9)13-11(15)10-7-18-12(16)14-10/h3-6,10H,2,7H2,1H3,(H,13,15)(H,14,16). The Hall–Kier alpha value is -2.24. The van der Waals surface area contributed by atoms with Crippen LogP contribution in [0.3, 0.4) is 0 Å². The van der Waals surface area contributed by atoms with Gasteiger partial charge in [-0.05, 0) is 31.2 Å². The summed E-state index contributed by atoms with van der Waals surface area (Å²) in [5.74, 6) is 0.443. The largest absolute Gasteiger partial charge is 0.494 e. The van der Waals surface area contributed by atoms with E-state index >= 15 is 0 Å². The summed E-state index contributed by atoms with van der Waals surface area (Å²) in [6, 6.07) is 6.37. The highest BCUT2D eigenvalue weighted by Gasteiger charge is 2.28. The molecular weight excluding hydrogens is 236 g/mol. The summed E-state index contributed by atoms with van der Waals surface area (Å²) in [6.45, 7) is 2.55. The number of ether oxygens (including phenoxy) is 2. The van der Waals surface area contributed by atoms with Crippen LogP contribution in [0, 0.1) is 0 Å². The molecule has 6 heteroatoms. The first-order chi connectivity index (χ1) is 8.69. The van der Waals surface area contributed by atoms with Crippen molar-refractivity contribution in [3.05, 3.63) is 24.3 Å². The molecule has 2 N–H and O–H groups in total. The lowest BCUT2D eigenvalue weighted by Crippen LogP contribution is -2.38. The number of amides is 2. The SMILES string of the molecule is CCOc1ccc(NC(=O)C2COC(=O)N2)cc1. The third-order valence-corrected chi connectivity index (χ3v) is 2.42. The van der Waals surface area contributed by atoms with Gasteiger partial charge < -0.3 is 20.1 Å². The van der Waals surface area contributed by atoms with Crippen molar-refractivity contribution in [1.82, 2.24) is 5.32 Å². The van der Waals surface area contributed by atoms with Gasteiger partial charge in [0, 0.05) is 5.69 Å². The molecule has 0 radical (unpaired) electrons. The fraction of sp³-hybridized carbons (Fsp3) is 0.333. The van der Waals surface area contributed by atoms with Crippen LogP contribution in [0.5, 0.6) is 5.75 Å². The van der Waals surface area contributed by atoms with E-state index in [1.807, 2.05) is 6.92 Å². The van der Waals surface area contributed by atoms with Gasteiger partial charge in [-0.1, -0.05) is 0 Å². The van der Waals surface area contributed by atoms with Gasteiger partial charge in [-0.15, -0.1) is 0 Å². The van der Waals surface area contributed by atoms with Crippen LogP contribution in [-0.4, -0.2) is 31.3 Å². The van der Waals surface area contributed by atoms with Gasteiger partial charge in [-0.3, -0.25) is 4.79 Å². The van der Waals surface area contributed by atoms with Crippen molar-refractivity contribution in [2.45, 2.75) is 13.0 Å². The molecule has 0 spiro atoms. The average molecular weight is 250 g/mol. The second-order valence-electron chi connectivity index (χ2n) is 3.74. The van der Waals surface area contributed by atoms with Crippen molar-refractivity contribution in [2.75, 3.05) is 18.5 Å². The summed E-state index contributed by atoms with van der Waals surface area (Å²) in [7, 11) is 0. The highest BCUT2D eigenvalue weighted by atomic mass is 16.6. The number of cyclic esters (lactones) is 1. The molecule has 0 aromatic heterocycles. The highest BCUT2D eigenvalue weighted by molar-refractivity contribution is 5.97. The summed E-state index contributed by atoms with van der Waals surface area (Å²) < 4.78 is 9.93. The van der Waals surface area contributed by atoms with Crippen molar-refractivity contribution >= 4 is 17.7 Å². The normalized spacial score (nSPS) is 17.8. The highest BCUT2D eigenvalue weighted by Crippen LogP contribution is 2.16. The number of hydrogen-bond acceptors (Lipinski definition) is 4. The summed E-state index contributed by atoms with van der Waals surface area (Å²) >= 11 is 0. The molecule has 1 atom stereocenters. The van der Waals surface area contributed by atoms with Crippen LogP contribution in [0.2, 0.25) is 0 Å². The Labute approximate surface area is 104 Å². The fourth-order valence-corrected chi connectivity index (χ4v) is 1.56. The molecule has 96 valence electrons. The third-order valence-electron chi connectivity index (χ3n) is 2.42. The van der Waals surface area contributed by atoms with Crippen LogP contribution in [0.25, 0.3) is 0 Å². The summed E-state index contributed by atoms with van der Waals surface area (Å²) in [4.78, 5) is 22.5. The number of nitrogens with one attached hydrogen (secondary N) is 2. The minimum atomic E-state index is -0.635. The van der Waals surface area contributed by atoms with Gasteiger partial charge in [0.05, 0.1) is 6.61 Å². The Balaban J connectivity index is 1.92. The number of rotatable bonds is 4. The maximum absolute atomic E-state index is 11.7. The zero-order chi connectivity index (χ0) is 13.0. The number of carbonyl (C=O) groups is 2. The molecule has 1 saturated heterocycles. The molecule has 2 rings (SSSR count). The first-order valence-corrected chi connectivity index (χ1v) is 5.66. The molecule has 2 amide bonds. The van der Waals surface area contributed by atoms with Gasteiger partial charge in [-0.25, -0.2) is 4.79 Å². The number of hydrogen-bond donors (Lipinski definition) is 2. The molecular formula is C12H14N2O4. The van der Waals surface area contributed by atoms with Gasteiger partial charge in [0.1, 0.15) is 18.4 Å². The van der Waals surface area contributed by atoms with Crippen molar-refractivity contribution in [3.8, 4) is 5.75 Å². The van der Waals surface area contributed by atoms with E-state index in [1.54, 1.807) is 24.3 Å². The number of benzene rings is 1. The lowest BCUT2D eigenvalue weighted by Gasteiger charge is -2.09. The predicted molar refractivity (Wildman–Crippen MR) is 64.5 cm³/mol. The van der Waals surface area contributed by atoms with Crippen LogP contribution in [-0.2, 0) is 9.53 Å². The first kappa shape index (κ1) is 12.2. The molecule has 1 aliphatic heterocycles. The lowest BCUT2D eigenvalue weighted by atomic mass is 10.2. The van der Waals surface area contributed by atoms with Gasteiger partial charge in [0.2, 0.25) is 0 Å². The van der Waals surface area contributed by atoms with Gasteiger partial charge in [0.25, 0.3) is 5.91 Å². The molecule has 1 aliphatic rings. The van der Waals surface area contributed by atoms with E-state index in [0.29, 0.717) is 12.3 Å². The average Bonchev–Trinajstić information content (AvgIpc) is 2.79. The Kier molecular flexibility index (Phi) is 3.66. The van der Waals surface area contributed by atoms with E-state index < -0.39 is 12.1 Å². The Morgan fingerprint density at radius 2 is 2.22 bits per heavy atom. The summed E-state index contributed by atoms with van der Waals surface area (Å²) in [6.07, 6.45) is -0.568. The molecule has 1 aromatic rings. The van der Waals surface area contributed by atoms with Gasteiger partial charge in [0.15, 0.2) is 0 Å². The number of carbonyl (C=O) groups excluding carboxylic acids is 2. The molecule has 18 heavy (non-hydrogen) atoms. The van der Waals surface area contributed by atoms with E-state index in [0.717, 1.165) is 5.75 Å². The minimum absolute atomic E-state index is 0.0572. The Morgan fingerprint density at radius 3 is 2.78 bits per heavy atom. The molecule has 0 saturated carbocycles. The fourth-order valence-electron chi connectivity index (χ4n) is 1.56. The van der Waals surface area contributed by atoms with Crippen LogP contribution in [0.1, 0.15) is 6.92 Å². The lowest BCUT2D eigenvalue weighted by molar-refractivity contribution is -0.117. The summed E-state index contributed by atoms with van der Waals surface area (Å²) in [5.41, 5.74) is 0.643. The predicted octanol–water partition coefficient (Wildman–Crippen LogP) is 1.13. The van der Waals surface area contributed by atoms with Gasteiger partial charge in [-0.2, -0.15) is 0 Å². The van der Waals surface area contributed by atoms with Crippen molar-refractivity contribution in [3.63, 3.8) is 0 Å². The molecule has 0 aliphatic carbocycles.